The van der Waals surface area contributed by atoms with Crippen molar-refractivity contribution in [2.75, 3.05) is 0 Å². The fourth-order valence-corrected chi connectivity index (χ4v) is 4.58. The number of hydrogen-bond acceptors (Lipinski definition) is 3. The molecule has 3 aliphatic heterocycles. The van der Waals surface area contributed by atoms with Crippen molar-refractivity contribution >= 4 is 11.8 Å². The molecular weight excluding hydrogens is 242 g/mol. The molecule has 2 saturated heterocycles. The quantitative estimate of drug-likeness (QED) is 0.532. The van der Waals surface area contributed by atoms with Crippen molar-refractivity contribution in [1.82, 2.24) is 4.90 Å². The predicted molar refractivity (Wildman–Crippen MR) is 68.1 cm³/mol. The van der Waals surface area contributed by atoms with E-state index in [0.29, 0.717) is 0 Å². The highest BCUT2D eigenvalue weighted by Gasteiger charge is 2.70. The van der Waals surface area contributed by atoms with E-state index in [1.807, 2.05) is 26.0 Å². The third-order valence-electron chi connectivity index (χ3n) is 5.45. The molecule has 0 aromatic carbocycles. The second kappa shape index (κ2) is 3.29. The Hall–Kier alpha value is -1.16. The summed E-state index contributed by atoms with van der Waals surface area (Å²) in [7, 11) is 0. The SMILES string of the molecule is C[C@]12C=C[C@](C)(O1)[C@H]1C(=O)N(C3CCCC3)C(=O)[C@@H]12. The summed E-state index contributed by atoms with van der Waals surface area (Å²) in [4.78, 5) is 27.0. The van der Waals surface area contributed by atoms with Gasteiger partial charge in [-0.3, -0.25) is 14.5 Å². The van der Waals surface area contributed by atoms with Crippen LogP contribution < -0.4 is 0 Å². The molecule has 2 amide bonds. The van der Waals surface area contributed by atoms with Crippen LogP contribution in [0.5, 0.6) is 0 Å². The van der Waals surface area contributed by atoms with Crippen molar-refractivity contribution in [2.45, 2.75) is 56.8 Å². The molecule has 4 nitrogen and oxygen atoms in total. The van der Waals surface area contributed by atoms with Crippen molar-refractivity contribution in [1.29, 1.82) is 0 Å². The van der Waals surface area contributed by atoms with Crippen LogP contribution in [0.25, 0.3) is 0 Å². The first-order chi connectivity index (χ1) is 8.96. The zero-order valence-corrected chi connectivity index (χ0v) is 11.4. The Bertz CT molecular complexity index is 472. The largest absolute Gasteiger partial charge is 0.359 e. The van der Waals surface area contributed by atoms with E-state index in [1.165, 1.54) is 0 Å². The van der Waals surface area contributed by atoms with Crippen LogP contribution in [0, 0.1) is 11.8 Å². The van der Waals surface area contributed by atoms with E-state index in [0.717, 1.165) is 25.7 Å². The molecule has 0 N–H and O–H groups in total. The average molecular weight is 261 g/mol. The molecule has 0 unspecified atom stereocenters. The summed E-state index contributed by atoms with van der Waals surface area (Å²) >= 11 is 0. The van der Waals surface area contributed by atoms with Crippen LogP contribution in [0.1, 0.15) is 39.5 Å². The monoisotopic (exact) mass is 261 g/mol. The second-order valence-electron chi connectivity index (χ2n) is 6.74. The summed E-state index contributed by atoms with van der Waals surface area (Å²) in [5.74, 6) is -0.624. The van der Waals surface area contributed by atoms with Gasteiger partial charge < -0.3 is 4.74 Å². The zero-order valence-electron chi connectivity index (χ0n) is 11.4. The lowest BCUT2D eigenvalue weighted by atomic mass is 9.73. The zero-order chi connectivity index (χ0) is 13.4. The number of carbonyl (C=O) groups excluding carboxylic acids is 2. The maximum atomic E-state index is 12.7. The van der Waals surface area contributed by atoms with Gasteiger partial charge in [-0.25, -0.2) is 0 Å². The van der Waals surface area contributed by atoms with E-state index >= 15 is 0 Å². The van der Waals surface area contributed by atoms with Gasteiger partial charge in [0.15, 0.2) is 0 Å². The summed E-state index contributed by atoms with van der Waals surface area (Å²) < 4.78 is 5.99. The average Bonchev–Trinajstić information content (AvgIpc) is 3.03. The second-order valence-corrected chi connectivity index (χ2v) is 6.74. The molecule has 0 radical (unpaired) electrons. The van der Waals surface area contributed by atoms with Crippen LogP contribution in [0.2, 0.25) is 0 Å². The molecule has 4 aliphatic rings. The fraction of sp³-hybridized carbons (Fsp3) is 0.733. The summed E-state index contributed by atoms with van der Waals surface area (Å²) in [5.41, 5.74) is -1.17. The van der Waals surface area contributed by atoms with Crippen LogP contribution >= 0.6 is 0 Å². The number of fused-ring (bicyclic) bond motifs is 5. The first kappa shape index (κ1) is 11.6. The lowest BCUT2D eigenvalue weighted by molar-refractivity contribution is -0.148. The third kappa shape index (κ3) is 1.23. The number of ether oxygens (including phenoxy) is 1. The van der Waals surface area contributed by atoms with Crippen LogP contribution in [0.15, 0.2) is 12.2 Å². The van der Waals surface area contributed by atoms with Crippen molar-refractivity contribution in [3.05, 3.63) is 12.2 Å². The molecule has 0 aromatic heterocycles. The van der Waals surface area contributed by atoms with Gasteiger partial charge in [0.1, 0.15) is 0 Å². The number of likely N-dealkylation sites (tertiary alicyclic amines) is 1. The van der Waals surface area contributed by atoms with Crippen LogP contribution in [-0.4, -0.2) is 34.0 Å². The highest BCUT2D eigenvalue weighted by atomic mass is 16.5. The van der Waals surface area contributed by atoms with E-state index < -0.39 is 11.2 Å². The number of imide groups is 1. The minimum atomic E-state index is -0.584. The van der Waals surface area contributed by atoms with Crippen LogP contribution in [-0.2, 0) is 14.3 Å². The molecule has 3 heterocycles. The van der Waals surface area contributed by atoms with Crippen molar-refractivity contribution in [2.24, 2.45) is 11.8 Å². The van der Waals surface area contributed by atoms with Gasteiger partial charge in [0.25, 0.3) is 0 Å². The van der Waals surface area contributed by atoms with E-state index in [2.05, 4.69) is 0 Å². The van der Waals surface area contributed by atoms with Gasteiger partial charge >= 0.3 is 0 Å². The Morgan fingerprint density at radius 2 is 1.53 bits per heavy atom. The molecule has 1 aliphatic carbocycles. The van der Waals surface area contributed by atoms with Crippen molar-refractivity contribution < 1.29 is 14.3 Å². The minimum Gasteiger partial charge on any atom is -0.359 e. The minimum absolute atomic E-state index is 0.00234. The van der Waals surface area contributed by atoms with E-state index in [1.54, 1.807) is 4.90 Å². The summed E-state index contributed by atoms with van der Waals surface area (Å²) in [5, 5.41) is 0. The number of rotatable bonds is 1. The molecule has 0 aromatic rings. The maximum Gasteiger partial charge on any atom is 0.236 e. The maximum absolute atomic E-state index is 12.7. The first-order valence-electron chi connectivity index (χ1n) is 7.24. The Morgan fingerprint density at radius 1 is 1.05 bits per heavy atom. The highest BCUT2D eigenvalue weighted by Crippen LogP contribution is 2.57. The molecule has 0 spiro atoms. The number of carbonyl (C=O) groups is 2. The summed E-state index contributed by atoms with van der Waals surface area (Å²) in [6.45, 7) is 3.87. The number of amides is 2. The van der Waals surface area contributed by atoms with E-state index in [9.17, 15) is 9.59 Å². The molecule has 4 heteroatoms. The normalized spacial score (nSPS) is 48.6. The molecule has 19 heavy (non-hydrogen) atoms. The molecule has 3 fully saturated rings. The molecule has 4 rings (SSSR count). The van der Waals surface area contributed by atoms with Crippen molar-refractivity contribution in [3.8, 4) is 0 Å². The van der Waals surface area contributed by atoms with Gasteiger partial charge in [-0.1, -0.05) is 25.0 Å². The lowest BCUT2D eigenvalue weighted by Crippen LogP contribution is -2.44. The summed E-state index contributed by atoms with van der Waals surface area (Å²) in [6.07, 6.45) is 8.13. The third-order valence-corrected chi connectivity index (χ3v) is 5.45. The topological polar surface area (TPSA) is 46.6 Å². The smallest absolute Gasteiger partial charge is 0.236 e. The number of nitrogens with zero attached hydrogens (tertiary/aromatic N) is 1. The predicted octanol–water partition coefficient (Wildman–Crippen LogP) is 1.65. The van der Waals surface area contributed by atoms with Gasteiger partial charge in [0.05, 0.1) is 23.0 Å². The van der Waals surface area contributed by atoms with Gasteiger partial charge in [0, 0.05) is 6.04 Å². The van der Waals surface area contributed by atoms with Crippen molar-refractivity contribution in [3.63, 3.8) is 0 Å². The molecular formula is C15H19NO3. The van der Waals surface area contributed by atoms with E-state index in [-0.39, 0.29) is 29.7 Å². The van der Waals surface area contributed by atoms with Gasteiger partial charge in [0.2, 0.25) is 11.8 Å². The Labute approximate surface area is 112 Å². The van der Waals surface area contributed by atoms with Gasteiger partial charge in [-0.05, 0) is 26.7 Å². The molecule has 4 atom stereocenters. The van der Waals surface area contributed by atoms with E-state index in [4.69, 9.17) is 4.74 Å². The standard InChI is InChI=1S/C15H19NO3/c1-14-7-8-15(2,19-14)11-10(14)12(17)16(13(11)18)9-5-3-4-6-9/h7-11H,3-6H2,1-2H3/t10-,11-,14-,15+/m1/s1. The fourth-order valence-electron chi connectivity index (χ4n) is 4.58. The van der Waals surface area contributed by atoms with Crippen LogP contribution in [0.3, 0.4) is 0 Å². The molecule has 102 valence electrons. The Kier molecular flexibility index (Phi) is 2.02. The number of hydrogen-bond donors (Lipinski definition) is 0. The molecule has 2 bridgehead atoms. The first-order valence-corrected chi connectivity index (χ1v) is 7.24. The van der Waals surface area contributed by atoms with Gasteiger partial charge in [-0.2, -0.15) is 0 Å². The lowest BCUT2D eigenvalue weighted by Gasteiger charge is -2.28. The Balaban J connectivity index is 1.75. The van der Waals surface area contributed by atoms with Crippen LogP contribution in [0.4, 0.5) is 0 Å². The molecule has 1 saturated carbocycles. The highest BCUT2D eigenvalue weighted by molar-refractivity contribution is 6.07. The Morgan fingerprint density at radius 3 is 2.00 bits per heavy atom. The summed E-state index contributed by atoms with van der Waals surface area (Å²) in [6, 6.07) is 0.136. The van der Waals surface area contributed by atoms with Gasteiger partial charge in [-0.15, -0.1) is 0 Å².